The fraction of sp³-hybridized carbons (Fsp3) is 0.588. The molecule has 2 aromatic heterocycles. The largest absolute Gasteiger partial charge is 0.307 e. The number of aromatic nitrogens is 1. The maximum Gasteiger partial charge on any atom is 0.0809 e. The molecule has 0 aromatic carbocycles. The van der Waals surface area contributed by atoms with Crippen LogP contribution in [0.25, 0.3) is 10.2 Å². The summed E-state index contributed by atoms with van der Waals surface area (Å²) in [5.74, 6) is 0.852. The minimum absolute atomic E-state index is 0.380. The maximum absolute atomic E-state index is 4.55. The summed E-state index contributed by atoms with van der Waals surface area (Å²) in [6, 6.07) is 5.36. The first-order valence-electron chi connectivity index (χ1n) is 7.83. The Morgan fingerprint density at radius 2 is 2.05 bits per heavy atom. The molecule has 1 saturated carbocycles. The Kier molecular flexibility index (Phi) is 4.37. The van der Waals surface area contributed by atoms with E-state index in [1.807, 2.05) is 6.20 Å². The standard InChI is InChI=1S/C17H24N2S/c1-12(14-6-4-3-5-7-14)19-13(2)15-10-17-16(18-11-15)8-9-20-17/h8-14,19H,3-7H2,1-2H3/t12-,13?/m0/s1. The van der Waals surface area contributed by atoms with Gasteiger partial charge in [0.2, 0.25) is 0 Å². The molecule has 20 heavy (non-hydrogen) atoms. The van der Waals surface area contributed by atoms with E-state index in [-0.39, 0.29) is 0 Å². The van der Waals surface area contributed by atoms with Gasteiger partial charge in [-0.05, 0) is 55.7 Å². The average Bonchev–Trinajstić information content (AvgIpc) is 2.95. The number of hydrogen-bond donors (Lipinski definition) is 1. The lowest BCUT2D eigenvalue weighted by Gasteiger charge is -2.30. The van der Waals surface area contributed by atoms with Crippen molar-refractivity contribution in [2.24, 2.45) is 5.92 Å². The second-order valence-electron chi connectivity index (χ2n) is 6.15. The van der Waals surface area contributed by atoms with Gasteiger partial charge in [-0.1, -0.05) is 19.3 Å². The molecular weight excluding hydrogens is 264 g/mol. The van der Waals surface area contributed by atoms with Crippen LogP contribution in [0.3, 0.4) is 0 Å². The highest BCUT2D eigenvalue weighted by Crippen LogP contribution is 2.28. The van der Waals surface area contributed by atoms with Gasteiger partial charge >= 0.3 is 0 Å². The lowest BCUT2D eigenvalue weighted by molar-refractivity contribution is 0.268. The van der Waals surface area contributed by atoms with Gasteiger partial charge in [-0.2, -0.15) is 0 Å². The summed E-state index contributed by atoms with van der Waals surface area (Å²) in [4.78, 5) is 4.55. The number of thiophene rings is 1. The number of nitrogens with zero attached hydrogens (tertiary/aromatic N) is 1. The molecule has 0 amide bonds. The Labute approximate surface area is 125 Å². The van der Waals surface area contributed by atoms with Crippen LogP contribution < -0.4 is 5.32 Å². The van der Waals surface area contributed by atoms with Crippen molar-refractivity contribution in [1.29, 1.82) is 0 Å². The van der Waals surface area contributed by atoms with Gasteiger partial charge in [0.25, 0.3) is 0 Å². The molecule has 2 aromatic rings. The Morgan fingerprint density at radius 1 is 1.25 bits per heavy atom. The summed E-state index contributed by atoms with van der Waals surface area (Å²) in [5.41, 5.74) is 2.42. The third kappa shape index (κ3) is 3.04. The summed E-state index contributed by atoms with van der Waals surface area (Å²) in [5, 5.41) is 5.90. The molecule has 108 valence electrons. The monoisotopic (exact) mass is 288 g/mol. The van der Waals surface area contributed by atoms with Crippen molar-refractivity contribution >= 4 is 21.6 Å². The van der Waals surface area contributed by atoms with E-state index >= 15 is 0 Å². The highest BCUT2D eigenvalue weighted by Gasteiger charge is 2.21. The number of fused-ring (bicyclic) bond motifs is 1. The van der Waals surface area contributed by atoms with Crippen molar-refractivity contribution in [2.45, 2.75) is 58.0 Å². The van der Waals surface area contributed by atoms with E-state index in [9.17, 15) is 0 Å². The first-order chi connectivity index (χ1) is 9.74. The first-order valence-corrected chi connectivity index (χ1v) is 8.71. The van der Waals surface area contributed by atoms with Crippen molar-refractivity contribution < 1.29 is 0 Å². The lowest BCUT2D eigenvalue weighted by atomic mass is 9.84. The van der Waals surface area contributed by atoms with Crippen molar-refractivity contribution in [2.75, 3.05) is 0 Å². The van der Waals surface area contributed by atoms with Crippen LogP contribution in [0.4, 0.5) is 0 Å². The molecule has 0 aliphatic heterocycles. The van der Waals surface area contributed by atoms with Crippen LogP contribution in [0.2, 0.25) is 0 Å². The molecule has 0 spiro atoms. The highest BCUT2D eigenvalue weighted by atomic mass is 32.1. The van der Waals surface area contributed by atoms with Crippen LogP contribution in [0, 0.1) is 5.92 Å². The summed E-state index contributed by atoms with van der Waals surface area (Å²) in [7, 11) is 0. The molecule has 2 atom stereocenters. The molecule has 0 saturated heterocycles. The molecule has 2 heterocycles. The van der Waals surface area contributed by atoms with E-state index in [2.05, 4.69) is 41.7 Å². The Hall–Kier alpha value is -0.930. The molecule has 1 aliphatic carbocycles. The van der Waals surface area contributed by atoms with Gasteiger partial charge in [0, 0.05) is 18.3 Å². The Bertz CT molecular complexity index is 557. The van der Waals surface area contributed by atoms with Crippen molar-refractivity contribution in [3.05, 3.63) is 29.3 Å². The lowest BCUT2D eigenvalue weighted by Crippen LogP contribution is -2.36. The van der Waals surface area contributed by atoms with Gasteiger partial charge in [0.15, 0.2) is 0 Å². The van der Waals surface area contributed by atoms with Crippen LogP contribution in [0.1, 0.15) is 57.6 Å². The van der Waals surface area contributed by atoms with Gasteiger partial charge < -0.3 is 5.32 Å². The summed E-state index contributed by atoms with van der Waals surface area (Å²) >= 11 is 1.78. The van der Waals surface area contributed by atoms with E-state index in [1.54, 1.807) is 11.3 Å². The molecule has 1 N–H and O–H groups in total. The summed E-state index contributed by atoms with van der Waals surface area (Å²) in [6.07, 6.45) is 9.06. The van der Waals surface area contributed by atoms with E-state index in [1.165, 1.54) is 42.4 Å². The van der Waals surface area contributed by atoms with Crippen LogP contribution >= 0.6 is 11.3 Å². The van der Waals surface area contributed by atoms with Gasteiger partial charge in [-0.3, -0.25) is 4.98 Å². The van der Waals surface area contributed by atoms with Crippen molar-refractivity contribution in [1.82, 2.24) is 10.3 Å². The zero-order valence-corrected chi connectivity index (χ0v) is 13.2. The SMILES string of the molecule is CC(N[C@@H](C)C1CCCCC1)c1cnc2ccsc2c1. The minimum Gasteiger partial charge on any atom is -0.307 e. The van der Waals surface area contributed by atoms with E-state index in [4.69, 9.17) is 0 Å². The topological polar surface area (TPSA) is 24.9 Å². The zero-order chi connectivity index (χ0) is 13.9. The summed E-state index contributed by atoms with van der Waals surface area (Å²) in [6.45, 7) is 4.61. The van der Waals surface area contributed by atoms with Gasteiger partial charge in [0.1, 0.15) is 0 Å². The number of rotatable bonds is 4. The van der Waals surface area contributed by atoms with Crippen LogP contribution in [-0.4, -0.2) is 11.0 Å². The predicted molar refractivity (Wildman–Crippen MR) is 87.2 cm³/mol. The fourth-order valence-corrected chi connectivity index (χ4v) is 4.15. The number of pyridine rings is 1. The molecule has 0 radical (unpaired) electrons. The third-order valence-electron chi connectivity index (χ3n) is 4.69. The molecule has 0 bridgehead atoms. The van der Waals surface area contributed by atoms with Crippen molar-refractivity contribution in [3.8, 4) is 0 Å². The predicted octanol–water partition coefficient (Wildman–Crippen LogP) is 4.92. The Morgan fingerprint density at radius 3 is 2.85 bits per heavy atom. The molecule has 1 unspecified atom stereocenters. The zero-order valence-electron chi connectivity index (χ0n) is 12.4. The van der Waals surface area contributed by atoms with Gasteiger partial charge in [0.05, 0.1) is 10.2 Å². The van der Waals surface area contributed by atoms with E-state index in [0.717, 1.165) is 11.4 Å². The first kappa shape index (κ1) is 14.0. The number of hydrogen-bond acceptors (Lipinski definition) is 3. The molecule has 1 fully saturated rings. The fourth-order valence-electron chi connectivity index (χ4n) is 3.36. The maximum atomic E-state index is 4.55. The highest BCUT2D eigenvalue weighted by molar-refractivity contribution is 7.17. The Balaban J connectivity index is 1.66. The van der Waals surface area contributed by atoms with Gasteiger partial charge in [-0.15, -0.1) is 11.3 Å². The second kappa shape index (κ2) is 6.23. The average molecular weight is 288 g/mol. The molecular formula is C17H24N2S. The smallest absolute Gasteiger partial charge is 0.0809 e. The van der Waals surface area contributed by atoms with Gasteiger partial charge in [-0.25, -0.2) is 0 Å². The minimum atomic E-state index is 0.380. The van der Waals surface area contributed by atoms with Crippen LogP contribution in [-0.2, 0) is 0 Å². The molecule has 3 heteroatoms. The van der Waals surface area contributed by atoms with E-state index < -0.39 is 0 Å². The summed E-state index contributed by atoms with van der Waals surface area (Å²) < 4.78 is 1.29. The van der Waals surface area contributed by atoms with E-state index in [0.29, 0.717) is 12.1 Å². The quantitative estimate of drug-likeness (QED) is 0.864. The normalized spacial score (nSPS) is 20.1. The second-order valence-corrected chi connectivity index (χ2v) is 7.10. The number of nitrogens with one attached hydrogen (secondary N) is 1. The van der Waals surface area contributed by atoms with Crippen molar-refractivity contribution in [3.63, 3.8) is 0 Å². The van der Waals surface area contributed by atoms with Crippen LogP contribution in [0.15, 0.2) is 23.7 Å². The van der Waals surface area contributed by atoms with Crippen LogP contribution in [0.5, 0.6) is 0 Å². The molecule has 2 nitrogen and oxygen atoms in total. The molecule has 1 aliphatic rings. The third-order valence-corrected chi connectivity index (χ3v) is 5.55. The molecule has 3 rings (SSSR count).